The van der Waals surface area contributed by atoms with Crippen molar-refractivity contribution in [1.29, 1.82) is 0 Å². The van der Waals surface area contributed by atoms with Gasteiger partial charge in [-0.1, -0.05) is 44.8 Å². The van der Waals surface area contributed by atoms with E-state index < -0.39 is 0 Å². The van der Waals surface area contributed by atoms with Gasteiger partial charge in [-0.05, 0) is 30.5 Å². The van der Waals surface area contributed by atoms with Gasteiger partial charge in [-0.2, -0.15) is 9.97 Å². The molecule has 0 radical (unpaired) electrons. The van der Waals surface area contributed by atoms with Crippen LogP contribution in [-0.4, -0.2) is 26.7 Å². The Balaban J connectivity index is 1.55. The number of anilines is 2. The molecule has 7 nitrogen and oxygen atoms in total. The number of nitrogen functional groups attached to an aromatic ring is 1. The van der Waals surface area contributed by atoms with Crippen LogP contribution in [0.4, 0.5) is 11.8 Å². The molecule has 4 rings (SSSR count). The van der Waals surface area contributed by atoms with Crippen LogP contribution >= 0.6 is 27.5 Å². The number of hydrogen-bond acceptors (Lipinski definition) is 7. The van der Waals surface area contributed by atoms with Crippen LogP contribution in [0.25, 0.3) is 0 Å². The van der Waals surface area contributed by atoms with Crippen molar-refractivity contribution in [2.24, 2.45) is 0 Å². The number of aromatic nitrogens is 4. The third kappa shape index (κ3) is 3.66. The second-order valence-corrected chi connectivity index (χ2v) is 7.41. The van der Waals surface area contributed by atoms with Crippen molar-refractivity contribution in [2.45, 2.75) is 25.3 Å². The Morgan fingerprint density at radius 2 is 2.04 bits per heavy atom. The van der Waals surface area contributed by atoms with Gasteiger partial charge in [0.1, 0.15) is 17.0 Å². The van der Waals surface area contributed by atoms with Crippen LogP contribution in [0.2, 0.25) is 5.15 Å². The lowest BCUT2D eigenvalue weighted by Crippen LogP contribution is -2.24. The van der Waals surface area contributed by atoms with Crippen molar-refractivity contribution >= 4 is 39.3 Å². The highest BCUT2D eigenvalue weighted by Crippen LogP contribution is 2.35. The largest absolute Gasteiger partial charge is 0.368 e. The Hall–Kier alpha value is -2.19. The summed E-state index contributed by atoms with van der Waals surface area (Å²) in [5.74, 6) is 2.08. The smallest absolute Gasteiger partial charge is 0.249 e. The van der Waals surface area contributed by atoms with Gasteiger partial charge in [-0.15, -0.1) is 0 Å². The molecule has 0 saturated carbocycles. The molecule has 2 aromatic heterocycles. The summed E-state index contributed by atoms with van der Waals surface area (Å²) in [6.45, 7) is 0.821. The van der Waals surface area contributed by atoms with Gasteiger partial charge in [0.2, 0.25) is 11.8 Å². The maximum absolute atomic E-state index is 6.02. The Morgan fingerprint density at radius 1 is 1.23 bits per heavy atom. The highest BCUT2D eigenvalue weighted by molar-refractivity contribution is 9.10. The van der Waals surface area contributed by atoms with E-state index in [0.29, 0.717) is 29.1 Å². The Bertz CT molecular complexity index is 896. The Morgan fingerprint density at radius 3 is 2.81 bits per heavy atom. The first kappa shape index (κ1) is 17.2. The van der Waals surface area contributed by atoms with E-state index in [1.807, 2.05) is 24.3 Å². The van der Waals surface area contributed by atoms with Gasteiger partial charge < -0.3 is 15.2 Å². The van der Waals surface area contributed by atoms with Crippen molar-refractivity contribution in [3.05, 3.63) is 57.2 Å². The van der Waals surface area contributed by atoms with Gasteiger partial charge >= 0.3 is 0 Å². The molecule has 2 N–H and O–H groups in total. The molecule has 0 bridgehead atoms. The van der Waals surface area contributed by atoms with Crippen LogP contribution in [0.1, 0.15) is 36.2 Å². The number of benzene rings is 1. The maximum Gasteiger partial charge on any atom is 0.249 e. The zero-order chi connectivity index (χ0) is 18.1. The van der Waals surface area contributed by atoms with Gasteiger partial charge in [0.25, 0.3) is 0 Å². The van der Waals surface area contributed by atoms with Crippen molar-refractivity contribution in [3.63, 3.8) is 0 Å². The molecule has 1 fully saturated rings. The highest BCUT2D eigenvalue weighted by Gasteiger charge is 2.32. The molecule has 26 heavy (non-hydrogen) atoms. The first-order valence-corrected chi connectivity index (χ1v) is 9.39. The summed E-state index contributed by atoms with van der Waals surface area (Å²) in [7, 11) is 0. The lowest BCUT2D eigenvalue weighted by atomic mass is 10.1. The van der Waals surface area contributed by atoms with E-state index >= 15 is 0 Å². The quantitative estimate of drug-likeness (QED) is 0.623. The molecular formula is C17H16BrClN6O. The Kier molecular flexibility index (Phi) is 4.78. The van der Waals surface area contributed by atoms with Gasteiger partial charge in [0.05, 0.1) is 0 Å². The molecule has 1 aromatic carbocycles. The first-order chi connectivity index (χ1) is 12.6. The molecule has 134 valence electrons. The van der Waals surface area contributed by atoms with Crippen LogP contribution in [0, 0.1) is 0 Å². The Labute approximate surface area is 163 Å². The molecule has 1 saturated heterocycles. The second-order valence-electron chi connectivity index (χ2n) is 6.11. The van der Waals surface area contributed by atoms with Crippen molar-refractivity contribution in [3.8, 4) is 0 Å². The summed E-state index contributed by atoms with van der Waals surface area (Å²) in [6.07, 6.45) is 2.52. The number of nitrogens with two attached hydrogens (primary N) is 1. The lowest BCUT2D eigenvalue weighted by Gasteiger charge is -2.22. The summed E-state index contributed by atoms with van der Waals surface area (Å²) in [4.78, 5) is 14.9. The lowest BCUT2D eigenvalue weighted by molar-refractivity contribution is 0.351. The molecule has 9 heteroatoms. The van der Waals surface area contributed by atoms with E-state index in [4.69, 9.17) is 21.9 Å². The fourth-order valence-corrected chi connectivity index (χ4v) is 3.58. The van der Waals surface area contributed by atoms with Gasteiger partial charge in [0, 0.05) is 23.5 Å². The molecule has 1 aliphatic rings. The van der Waals surface area contributed by atoms with E-state index in [9.17, 15) is 0 Å². The van der Waals surface area contributed by atoms with E-state index in [-0.39, 0.29) is 12.0 Å². The molecular weight excluding hydrogens is 420 g/mol. The van der Waals surface area contributed by atoms with Crippen molar-refractivity contribution < 1.29 is 4.52 Å². The predicted molar refractivity (Wildman–Crippen MR) is 102 cm³/mol. The summed E-state index contributed by atoms with van der Waals surface area (Å²) in [5, 5.41) is 4.45. The van der Waals surface area contributed by atoms with Gasteiger partial charge in [-0.25, -0.2) is 4.98 Å². The number of nitrogens with zero attached hydrogens (tertiary/aromatic N) is 5. The molecule has 0 aliphatic carbocycles. The van der Waals surface area contributed by atoms with Crippen molar-refractivity contribution in [1.82, 2.24) is 20.1 Å². The minimum absolute atomic E-state index is 0.0356. The van der Waals surface area contributed by atoms with E-state index in [1.54, 1.807) is 6.07 Å². The zero-order valence-electron chi connectivity index (χ0n) is 13.8. The molecule has 0 amide bonds. The second kappa shape index (κ2) is 7.20. The first-order valence-electron chi connectivity index (χ1n) is 8.22. The number of rotatable bonds is 4. The predicted octanol–water partition coefficient (Wildman–Crippen LogP) is 3.79. The minimum atomic E-state index is -0.0356. The zero-order valence-corrected chi connectivity index (χ0v) is 16.1. The highest BCUT2D eigenvalue weighted by atomic mass is 79.9. The maximum atomic E-state index is 6.02. The standard InChI is InChI=1S/C17H16BrClN6O/c18-11-5-3-10(4-6-11)8-14-22-16(26-24-14)12-2-1-7-25(12)15-9-13(19)21-17(20)23-15/h3-6,9,12H,1-2,7-8H2,(H2,20,21,23)/t12-/m0/s1. The fraction of sp³-hybridized carbons (Fsp3) is 0.294. The van der Waals surface area contributed by atoms with E-state index in [1.165, 1.54) is 0 Å². The van der Waals surface area contributed by atoms with Crippen LogP contribution < -0.4 is 10.6 Å². The van der Waals surface area contributed by atoms with Crippen LogP contribution in [-0.2, 0) is 6.42 Å². The summed E-state index contributed by atoms with van der Waals surface area (Å²) in [6, 6.07) is 9.74. The van der Waals surface area contributed by atoms with Crippen molar-refractivity contribution in [2.75, 3.05) is 17.2 Å². The normalized spacial score (nSPS) is 17.0. The monoisotopic (exact) mass is 434 g/mol. The topological polar surface area (TPSA) is 94.0 Å². The van der Waals surface area contributed by atoms with E-state index in [0.717, 1.165) is 29.4 Å². The molecule has 3 heterocycles. The van der Waals surface area contributed by atoms with Gasteiger partial charge in [-0.3, -0.25) is 0 Å². The average molecular weight is 436 g/mol. The minimum Gasteiger partial charge on any atom is -0.368 e. The SMILES string of the molecule is Nc1nc(Cl)cc(N2CCC[C@H]2c2nc(Cc3ccc(Br)cc3)no2)n1. The third-order valence-corrected chi connectivity index (χ3v) is 5.01. The summed E-state index contributed by atoms with van der Waals surface area (Å²) < 4.78 is 6.58. The summed E-state index contributed by atoms with van der Waals surface area (Å²) in [5.41, 5.74) is 6.85. The molecule has 1 atom stereocenters. The molecule has 1 aliphatic heterocycles. The third-order valence-electron chi connectivity index (χ3n) is 4.29. The molecule has 0 spiro atoms. The fourth-order valence-electron chi connectivity index (χ4n) is 3.13. The van der Waals surface area contributed by atoms with Crippen LogP contribution in [0.3, 0.4) is 0 Å². The molecule has 0 unspecified atom stereocenters. The van der Waals surface area contributed by atoms with Crippen LogP contribution in [0.5, 0.6) is 0 Å². The summed E-state index contributed by atoms with van der Waals surface area (Å²) >= 11 is 9.45. The number of hydrogen-bond donors (Lipinski definition) is 1. The van der Waals surface area contributed by atoms with Crippen LogP contribution in [0.15, 0.2) is 39.3 Å². The van der Waals surface area contributed by atoms with E-state index in [2.05, 4.69) is 40.9 Å². The average Bonchev–Trinajstić information content (AvgIpc) is 3.25. The molecule has 3 aromatic rings. The number of halogens is 2. The van der Waals surface area contributed by atoms with Gasteiger partial charge in [0.15, 0.2) is 5.82 Å².